The highest BCUT2D eigenvalue weighted by molar-refractivity contribution is 6.32. The highest BCUT2D eigenvalue weighted by Crippen LogP contribution is 2.25. The maximum Gasteiger partial charge on any atom is 0.323 e. The molecule has 0 aliphatic heterocycles. The number of nitro benzene ring substituents is 1. The lowest BCUT2D eigenvalue weighted by Crippen LogP contribution is -2.34. The molecule has 7 heteroatoms. The second kappa shape index (κ2) is 6.32. The summed E-state index contributed by atoms with van der Waals surface area (Å²) in [4.78, 5) is 21.4. The van der Waals surface area contributed by atoms with Gasteiger partial charge in [0.25, 0.3) is 5.69 Å². The number of nitro groups is 1. The van der Waals surface area contributed by atoms with Gasteiger partial charge in [-0.25, -0.2) is 0 Å². The molecule has 0 amide bonds. The molecule has 1 unspecified atom stereocenters. The molecule has 0 radical (unpaired) electrons. The first-order valence-electron chi connectivity index (χ1n) is 5.30. The van der Waals surface area contributed by atoms with Crippen LogP contribution in [0.25, 0.3) is 0 Å². The van der Waals surface area contributed by atoms with Crippen molar-refractivity contribution < 1.29 is 14.5 Å². The molecule has 0 aliphatic rings. The number of hydrogen-bond donors (Lipinski definition) is 1. The third kappa shape index (κ3) is 3.68. The summed E-state index contributed by atoms with van der Waals surface area (Å²) < 4.78 is 4.75. The van der Waals surface area contributed by atoms with E-state index in [0.717, 1.165) is 0 Å². The summed E-state index contributed by atoms with van der Waals surface area (Å²) in [5.74, 6) is -0.532. The highest BCUT2D eigenvalue weighted by atomic mass is 35.5. The van der Waals surface area contributed by atoms with Gasteiger partial charge >= 0.3 is 5.97 Å². The minimum atomic E-state index is -0.842. The van der Waals surface area contributed by atoms with Crippen LogP contribution in [0.1, 0.15) is 12.5 Å². The first-order chi connectivity index (χ1) is 8.45. The van der Waals surface area contributed by atoms with Gasteiger partial charge in [-0.3, -0.25) is 14.9 Å². The molecule has 0 aliphatic carbocycles. The second-order valence-corrected chi connectivity index (χ2v) is 4.01. The first kappa shape index (κ1) is 14.4. The average Bonchev–Trinajstić information content (AvgIpc) is 2.31. The van der Waals surface area contributed by atoms with E-state index in [-0.39, 0.29) is 23.7 Å². The van der Waals surface area contributed by atoms with Crippen LogP contribution in [0.15, 0.2) is 18.2 Å². The first-order valence-corrected chi connectivity index (χ1v) is 5.68. The summed E-state index contributed by atoms with van der Waals surface area (Å²) in [5, 5.41) is 10.7. The van der Waals surface area contributed by atoms with Crippen molar-refractivity contribution >= 4 is 23.3 Å². The van der Waals surface area contributed by atoms with Gasteiger partial charge in [-0.1, -0.05) is 17.7 Å². The van der Waals surface area contributed by atoms with E-state index in [0.29, 0.717) is 5.56 Å². The minimum absolute atomic E-state index is 0.0495. The monoisotopic (exact) mass is 272 g/mol. The fourth-order valence-corrected chi connectivity index (χ4v) is 1.60. The Morgan fingerprint density at radius 3 is 2.83 bits per heavy atom. The molecule has 1 rings (SSSR count). The fraction of sp³-hybridized carbons (Fsp3) is 0.364. The molecule has 1 atom stereocenters. The van der Waals surface area contributed by atoms with E-state index >= 15 is 0 Å². The van der Waals surface area contributed by atoms with Crippen LogP contribution in [0.4, 0.5) is 5.69 Å². The van der Waals surface area contributed by atoms with Gasteiger partial charge in [0, 0.05) is 6.07 Å². The number of nitrogens with zero attached hydrogens (tertiary/aromatic N) is 1. The van der Waals surface area contributed by atoms with Gasteiger partial charge in [0.2, 0.25) is 0 Å². The number of carbonyl (C=O) groups is 1. The number of carbonyl (C=O) groups excluding carboxylic acids is 1. The van der Waals surface area contributed by atoms with Crippen LogP contribution in [-0.2, 0) is 16.0 Å². The van der Waals surface area contributed by atoms with Crippen LogP contribution in [-0.4, -0.2) is 23.5 Å². The summed E-state index contributed by atoms with van der Waals surface area (Å²) in [6.07, 6.45) is 0.164. The maximum atomic E-state index is 11.3. The van der Waals surface area contributed by atoms with Crippen LogP contribution in [0.2, 0.25) is 5.02 Å². The van der Waals surface area contributed by atoms with Crippen molar-refractivity contribution in [2.45, 2.75) is 19.4 Å². The molecule has 0 heterocycles. The van der Waals surface area contributed by atoms with E-state index in [2.05, 4.69) is 0 Å². The lowest BCUT2D eigenvalue weighted by Gasteiger charge is -2.10. The van der Waals surface area contributed by atoms with Crippen molar-refractivity contribution in [1.82, 2.24) is 0 Å². The quantitative estimate of drug-likeness (QED) is 0.500. The Morgan fingerprint density at radius 1 is 1.61 bits per heavy atom. The number of esters is 1. The zero-order chi connectivity index (χ0) is 13.7. The van der Waals surface area contributed by atoms with Gasteiger partial charge < -0.3 is 10.5 Å². The van der Waals surface area contributed by atoms with Gasteiger partial charge in [-0.05, 0) is 25.0 Å². The number of halogens is 1. The number of hydrogen-bond acceptors (Lipinski definition) is 5. The molecule has 98 valence electrons. The van der Waals surface area contributed by atoms with Crippen molar-refractivity contribution in [2.24, 2.45) is 5.73 Å². The lowest BCUT2D eigenvalue weighted by molar-refractivity contribution is -0.384. The summed E-state index contributed by atoms with van der Waals surface area (Å²) in [6, 6.07) is 3.47. The summed E-state index contributed by atoms with van der Waals surface area (Å²) in [7, 11) is 0. The predicted molar refractivity (Wildman–Crippen MR) is 66.4 cm³/mol. The summed E-state index contributed by atoms with van der Waals surface area (Å²) in [6.45, 7) is 1.92. The Bertz CT molecular complexity index is 464. The van der Waals surface area contributed by atoms with Crippen LogP contribution >= 0.6 is 11.6 Å². The molecule has 0 bridgehead atoms. The Kier molecular flexibility index (Phi) is 5.06. The molecule has 0 saturated heterocycles. The fourth-order valence-electron chi connectivity index (χ4n) is 1.41. The zero-order valence-corrected chi connectivity index (χ0v) is 10.5. The lowest BCUT2D eigenvalue weighted by atomic mass is 10.1. The van der Waals surface area contributed by atoms with Crippen LogP contribution in [0.5, 0.6) is 0 Å². The number of ether oxygens (including phenoxy) is 1. The van der Waals surface area contributed by atoms with E-state index in [1.165, 1.54) is 12.1 Å². The minimum Gasteiger partial charge on any atom is -0.465 e. The molecule has 2 N–H and O–H groups in total. The largest absolute Gasteiger partial charge is 0.465 e. The molecular formula is C11H13ClN2O4. The van der Waals surface area contributed by atoms with Crippen LogP contribution in [0, 0.1) is 10.1 Å². The highest BCUT2D eigenvalue weighted by Gasteiger charge is 2.18. The number of benzene rings is 1. The standard InChI is InChI=1S/C11H13ClN2O4/c1-2-18-11(15)9(13)5-7-3-4-8(12)10(6-7)14(16)17/h3-4,6,9H,2,5,13H2,1H3. The van der Waals surface area contributed by atoms with Crippen molar-refractivity contribution in [2.75, 3.05) is 6.61 Å². The average molecular weight is 273 g/mol. The Morgan fingerprint density at radius 2 is 2.28 bits per heavy atom. The number of nitrogens with two attached hydrogens (primary N) is 1. The Balaban J connectivity index is 2.82. The Labute approximate surface area is 109 Å². The smallest absolute Gasteiger partial charge is 0.323 e. The maximum absolute atomic E-state index is 11.3. The molecule has 1 aromatic carbocycles. The summed E-state index contributed by atoms with van der Waals surface area (Å²) in [5.41, 5.74) is 5.98. The SMILES string of the molecule is CCOC(=O)C(N)Cc1ccc(Cl)c([N+](=O)[O-])c1. The number of rotatable bonds is 5. The molecule has 0 spiro atoms. The van der Waals surface area contributed by atoms with Crippen molar-refractivity contribution in [3.05, 3.63) is 38.9 Å². The van der Waals surface area contributed by atoms with E-state index in [9.17, 15) is 14.9 Å². The van der Waals surface area contributed by atoms with Crippen molar-refractivity contribution in [3.63, 3.8) is 0 Å². The molecule has 1 aromatic rings. The molecular weight excluding hydrogens is 260 g/mol. The van der Waals surface area contributed by atoms with Gasteiger partial charge in [0.05, 0.1) is 11.5 Å². The Hall–Kier alpha value is -1.66. The van der Waals surface area contributed by atoms with E-state index in [4.69, 9.17) is 22.1 Å². The summed E-state index contributed by atoms with van der Waals surface area (Å²) >= 11 is 5.68. The molecule has 0 fully saturated rings. The predicted octanol–water partition coefficient (Wildman–Crippen LogP) is 1.68. The molecule has 0 saturated carbocycles. The zero-order valence-electron chi connectivity index (χ0n) is 9.76. The van der Waals surface area contributed by atoms with Gasteiger partial charge in [-0.2, -0.15) is 0 Å². The van der Waals surface area contributed by atoms with E-state index in [1.807, 2.05) is 0 Å². The topological polar surface area (TPSA) is 95.5 Å². The molecule has 6 nitrogen and oxygen atoms in total. The van der Waals surface area contributed by atoms with E-state index < -0.39 is 16.9 Å². The normalized spacial score (nSPS) is 11.9. The third-order valence-electron chi connectivity index (χ3n) is 2.25. The van der Waals surface area contributed by atoms with Crippen LogP contribution in [0.3, 0.4) is 0 Å². The van der Waals surface area contributed by atoms with Gasteiger partial charge in [0.15, 0.2) is 0 Å². The second-order valence-electron chi connectivity index (χ2n) is 3.61. The van der Waals surface area contributed by atoms with Gasteiger partial charge in [-0.15, -0.1) is 0 Å². The molecule has 0 aromatic heterocycles. The van der Waals surface area contributed by atoms with E-state index in [1.54, 1.807) is 13.0 Å². The molecule has 18 heavy (non-hydrogen) atoms. The van der Waals surface area contributed by atoms with Crippen molar-refractivity contribution in [1.29, 1.82) is 0 Å². The van der Waals surface area contributed by atoms with Gasteiger partial charge in [0.1, 0.15) is 11.1 Å². The van der Waals surface area contributed by atoms with Crippen LogP contribution < -0.4 is 5.73 Å². The third-order valence-corrected chi connectivity index (χ3v) is 2.57. The van der Waals surface area contributed by atoms with Crippen molar-refractivity contribution in [3.8, 4) is 0 Å².